The van der Waals surface area contributed by atoms with Crippen molar-refractivity contribution < 1.29 is 8.42 Å². The molecule has 8 nitrogen and oxygen atoms in total. The van der Waals surface area contributed by atoms with Gasteiger partial charge in [-0.15, -0.1) is 0 Å². The van der Waals surface area contributed by atoms with E-state index in [-0.39, 0.29) is 0 Å². The van der Waals surface area contributed by atoms with E-state index in [0.717, 1.165) is 28.2 Å². The van der Waals surface area contributed by atoms with Gasteiger partial charge in [0.2, 0.25) is 5.95 Å². The van der Waals surface area contributed by atoms with Crippen LogP contribution in [-0.2, 0) is 18.1 Å². The quantitative estimate of drug-likeness (QED) is 0.524. The Hall–Kier alpha value is -3.46. The van der Waals surface area contributed by atoms with Crippen LogP contribution in [0, 0.1) is 6.92 Å². The van der Waals surface area contributed by atoms with E-state index < -0.39 is 11.6 Å². The van der Waals surface area contributed by atoms with Gasteiger partial charge in [0.1, 0.15) is 5.82 Å². The van der Waals surface area contributed by atoms with Crippen LogP contribution in [0.15, 0.2) is 55.0 Å². The molecule has 4 rings (SSSR count). The molecule has 0 saturated carbocycles. The number of aromatic nitrogens is 5. The van der Waals surface area contributed by atoms with Crippen LogP contribution in [0.5, 0.6) is 0 Å². The molecule has 0 radical (unpaired) electrons. The average molecular weight is 423 g/mol. The van der Waals surface area contributed by atoms with E-state index in [1.165, 1.54) is 5.56 Å². The van der Waals surface area contributed by atoms with Gasteiger partial charge in [-0.05, 0) is 30.0 Å². The highest BCUT2D eigenvalue weighted by atomic mass is 32.1. The molecular formula is C21H22N6O2S. The van der Waals surface area contributed by atoms with Crippen LogP contribution in [0.25, 0.3) is 16.8 Å². The summed E-state index contributed by atoms with van der Waals surface area (Å²) < 4.78 is 18.4. The van der Waals surface area contributed by atoms with E-state index in [2.05, 4.69) is 57.4 Å². The number of nitrogens with one attached hydrogen (secondary N) is 1. The molecule has 3 aromatic heterocycles. The summed E-state index contributed by atoms with van der Waals surface area (Å²) in [6.07, 6.45) is 5.55. The van der Waals surface area contributed by atoms with Crippen LogP contribution in [0.3, 0.4) is 0 Å². The highest BCUT2D eigenvalue weighted by Gasteiger charge is 2.14. The predicted octanol–water partition coefficient (Wildman–Crippen LogP) is 3.56. The minimum Gasteiger partial charge on any atom is -0.350 e. The summed E-state index contributed by atoms with van der Waals surface area (Å²) in [5.41, 5.74) is 5.41. The Bertz CT molecular complexity index is 1170. The maximum atomic E-state index is 8.29. The summed E-state index contributed by atoms with van der Waals surface area (Å²) >= 11 is -0.750. The zero-order chi connectivity index (χ0) is 21.5. The van der Waals surface area contributed by atoms with Crippen LogP contribution < -0.4 is 5.32 Å². The van der Waals surface area contributed by atoms with E-state index in [0.29, 0.717) is 18.4 Å². The standard InChI is InChI=1S/C21H22N6.O2S/c1-14(2)19-13-24-27-20(19)25-15(3)26-21(27)23-12-17-7-4-5-9-18(17)16-8-6-10-22-11-16;1-3-2/h4-11,13-14H,12H2,1-3H3,(H,23,25,26);. The van der Waals surface area contributed by atoms with Gasteiger partial charge in [-0.2, -0.15) is 23.0 Å². The first-order chi connectivity index (χ1) is 14.5. The Morgan fingerprint density at radius 3 is 2.53 bits per heavy atom. The molecule has 3 heterocycles. The molecule has 0 aliphatic carbocycles. The van der Waals surface area contributed by atoms with Crippen LogP contribution in [0.2, 0.25) is 0 Å². The van der Waals surface area contributed by atoms with Crippen LogP contribution in [-0.4, -0.2) is 33.0 Å². The Morgan fingerprint density at radius 1 is 1.07 bits per heavy atom. The number of nitrogens with zero attached hydrogens (tertiary/aromatic N) is 5. The van der Waals surface area contributed by atoms with Gasteiger partial charge >= 0.3 is 11.6 Å². The van der Waals surface area contributed by atoms with E-state index in [1.54, 1.807) is 10.7 Å². The lowest BCUT2D eigenvalue weighted by molar-refractivity contribution is 0.630. The molecule has 0 unspecified atom stereocenters. The third-order valence-electron chi connectivity index (χ3n) is 4.56. The van der Waals surface area contributed by atoms with Crippen molar-refractivity contribution in [3.05, 3.63) is 71.9 Å². The molecule has 4 aromatic rings. The molecule has 1 N–H and O–H groups in total. The molecular weight excluding hydrogens is 400 g/mol. The Balaban J connectivity index is 0.000000806. The molecule has 0 spiro atoms. The third-order valence-corrected chi connectivity index (χ3v) is 4.56. The molecule has 0 saturated heterocycles. The van der Waals surface area contributed by atoms with Crippen molar-refractivity contribution in [2.75, 3.05) is 5.32 Å². The number of pyridine rings is 1. The number of rotatable bonds is 5. The largest absolute Gasteiger partial charge is 0.350 e. The second kappa shape index (κ2) is 9.84. The normalized spacial score (nSPS) is 10.5. The first-order valence-electron chi connectivity index (χ1n) is 9.41. The van der Waals surface area contributed by atoms with Crippen molar-refractivity contribution in [1.82, 2.24) is 24.6 Å². The number of aryl methyl sites for hydroxylation is 1. The third kappa shape index (κ3) is 4.74. The smallest absolute Gasteiger partial charge is 0.335 e. The fourth-order valence-corrected chi connectivity index (χ4v) is 3.17. The molecule has 0 fully saturated rings. The van der Waals surface area contributed by atoms with Gasteiger partial charge in [0.05, 0.1) is 6.20 Å². The molecule has 0 aliphatic rings. The van der Waals surface area contributed by atoms with Gasteiger partial charge < -0.3 is 5.32 Å². The van der Waals surface area contributed by atoms with Crippen LogP contribution in [0.1, 0.15) is 36.7 Å². The highest BCUT2D eigenvalue weighted by molar-refractivity contribution is 7.51. The monoisotopic (exact) mass is 422 g/mol. The summed E-state index contributed by atoms with van der Waals surface area (Å²) in [5, 5.41) is 7.93. The number of hydrogen-bond donors (Lipinski definition) is 1. The predicted molar refractivity (Wildman–Crippen MR) is 116 cm³/mol. The summed E-state index contributed by atoms with van der Waals surface area (Å²) in [4.78, 5) is 13.4. The van der Waals surface area contributed by atoms with Crippen molar-refractivity contribution in [1.29, 1.82) is 0 Å². The van der Waals surface area contributed by atoms with E-state index in [4.69, 9.17) is 8.42 Å². The van der Waals surface area contributed by atoms with E-state index in [1.807, 2.05) is 37.5 Å². The number of fused-ring (bicyclic) bond motifs is 1. The minimum atomic E-state index is -0.750. The lowest BCUT2D eigenvalue weighted by Gasteiger charge is -2.12. The molecule has 0 amide bonds. The SMILES string of the molecule is Cc1nc(NCc2ccccc2-c2cccnc2)n2ncc(C(C)C)c2n1.O=S=O. The zero-order valence-electron chi connectivity index (χ0n) is 16.9. The van der Waals surface area contributed by atoms with Crippen molar-refractivity contribution in [2.45, 2.75) is 33.2 Å². The Kier molecular flexibility index (Phi) is 6.97. The van der Waals surface area contributed by atoms with Crippen molar-refractivity contribution >= 4 is 23.2 Å². The summed E-state index contributed by atoms with van der Waals surface area (Å²) in [5.74, 6) is 1.79. The molecule has 0 atom stereocenters. The fourth-order valence-electron chi connectivity index (χ4n) is 3.17. The van der Waals surface area contributed by atoms with Gasteiger partial charge in [0.15, 0.2) is 5.65 Å². The highest BCUT2D eigenvalue weighted by Crippen LogP contribution is 2.24. The van der Waals surface area contributed by atoms with Crippen molar-refractivity contribution in [2.24, 2.45) is 0 Å². The van der Waals surface area contributed by atoms with Gasteiger partial charge in [-0.25, -0.2) is 4.98 Å². The van der Waals surface area contributed by atoms with Gasteiger partial charge in [-0.3, -0.25) is 4.98 Å². The molecule has 1 aromatic carbocycles. The minimum absolute atomic E-state index is 0.357. The van der Waals surface area contributed by atoms with Crippen molar-refractivity contribution in [3.63, 3.8) is 0 Å². The second-order valence-corrected chi connectivity index (χ2v) is 7.04. The molecule has 0 bridgehead atoms. The zero-order valence-corrected chi connectivity index (χ0v) is 17.8. The topological polar surface area (TPSA) is 102 Å². The molecule has 154 valence electrons. The fraction of sp³-hybridized carbons (Fsp3) is 0.238. The lowest BCUT2D eigenvalue weighted by atomic mass is 10.0. The maximum absolute atomic E-state index is 8.29. The van der Waals surface area contributed by atoms with Crippen LogP contribution in [0.4, 0.5) is 5.95 Å². The first kappa shape index (κ1) is 21.3. The van der Waals surface area contributed by atoms with E-state index in [9.17, 15) is 0 Å². The number of anilines is 1. The van der Waals surface area contributed by atoms with Crippen molar-refractivity contribution in [3.8, 4) is 11.1 Å². The molecule has 0 aliphatic heterocycles. The van der Waals surface area contributed by atoms with Gasteiger partial charge in [-0.1, -0.05) is 44.2 Å². The van der Waals surface area contributed by atoms with Crippen LogP contribution >= 0.6 is 0 Å². The molecule has 9 heteroatoms. The summed E-state index contributed by atoms with van der Waals surface area (Å²) in [6.45, 7) is 6.83. The Morgan fingerprint density at radius 2 is 1.83 bits per heavy atom. The average Bonchev–Trinajstić information content (AvgIpc) is 3.17. The van der Waals surface area contributed by atoms with Gasteiger partial charge in [0, 0.05) is 30.1 Å². The summed E-state index contributed by atoms with van der Waals surface area (Å²) in [6, 6.07) is 12.3. The summed E-state index contributed by atoms with van der Waals surface area (Å²) in [7, 11) is 0. The number of hydrogen-bond acceptors (Lipinski definition) is 7. The lowest BCUT2D eigenvalue weighted by Crippen LogP contribution is -2.10. The van der Waals surface area contributed by atoms with Gasteiger partial charge in [0.25, 0.3) is 0 Å². The Labute approximate surface area is 178 Å². The number of benzene rings is 1. The molecule has 30 heavy (non-hydrogen) atoms. The first-order valence-corrected chi connectivity index (χ1v) is 10.1. The van der Waals surface area contributed by atoms with E-state index >= 15 is 0 Å². The maximum Gasteiger partial charge on any atom is 0.335 e. The second-order valence-electron chi connectivity index (χ2n) is 6.90.